The molecule has 0 amide bonds. The van der Waals surface area contributed by atoms with E-state index >= 15 is 0 Å². The quantitative estimate of drug-likeness (QED) is 0.735. The standard InChI is InChI=1S/C18H20N/c1-3-8-16-15-10-6-5-9-14(15)13-17(16)18-11-7-12-19(18)4-2/h5-7,9-13H,3-4,8H2,1-2H3. The van der Waals surface area contributed by atoms with E-state index in [1.54, 1.807) is 0 Å². The highest BCUT2D eigenvalue weighted by Crippen LogP contribution is 2.43. The molecule has 1 aliphatic carbocycles. The molecule has 3 rings (SSSR count). The van der Waals surface area contributed by atoms with Crippen LogP contribution in [0.25, 0.3) is 11.6 Å². The molecule has 0 N–H and O–H groups in total. The van der Waals surface area contributed by atoms with Gasteiger partial charge in [-0.25, -0.2) is 0 Å². The van der Waals surface area contributed by atoms with Gasteiger partial charge in [-0.15, -0.1) is 0 Å². The molecule has 0 atom stereocenters. The summed E-state index contributed by atoms with van der Waals surface area (Å²) in [6.45, 7) is 5.48. The number of benzene rings is 1. The molecule has 1 aromatic heterocycles. The average Bonchev–Trinajstić information content (AvgIpc) is 3.03. The van der Waals surface area contributed by atoms with Crippen LogP contribution in [0.5, 0.6) is 0 Å². The fourth-order valence-electron chi connectivity index (χ4n) is 2.97. The van der Waals surface area contributed by atoms with Crippen LogP contribution < -0.4 is 0 Å². The summed E-state index contributed by atoms with van der Waals surface area (Å²) in [6, 6.07) is 13.1. The van der Waals surface area contributed by atoms with Crippen LogP contribution in [0.4, 0.5) is 0 Å². The molecule has 0 spiro atoms. The van der Waals surface area contributed by atoms with Crippen molar-refractivity contribution in [1.82, 2.24) is 4.57 Å². The molecule has 2 aromatic rings. The van der Waals surface area contributed by atoms with Crippen molar-refractivity contribution in [3.8, 4) is 0 Å². The molecular formula is C18H20N. The van der Waals surface area contributed by atoms with Gasteiger partial charge in [0, 0.05) is 24.4 Å². The van der Waals surface area contributed by atoms with E-state index in [9.17, 15) is 0 Å². The number of fused-ring (bicyclic) bond motifs is 1. The van der Waals surface area contributed by atoms with Gasteiger partial charge in [-0.3, -0.25) is 0 Å². The minimum atomic E-state index is 1.02. The monoisotopic (exact) mass is 250 g/mol. The highest BCUT2D eigenvalue weighted by molar-refractivity contribution is 5.97. The lowest BCUT2D eigenvalue weighted by Crippen LogP contribution is -2.04. The molecule has 1 heteroatoms. The van der Waals surface area contributed by atoms with Crippen LogP contribution in [0.2, 0.25) is 0 Å². The third kappa shape index (κ3) is 2.03. The first-order chi connectivity index (χ1) is 9.35. The molecule has 0 fully saturated rings. The van der Waals surface area contributed by atoms with Crippen LogP contribution in [0, 0.1) is 5.92 Å². The molecule has 97 valence electrons. The molecule has 0 bridgehead atoms. The first-order valence-electron chi connectivity index (χ1n) is 7.18. The van der Waals surface area contributed by atoms with Crippen molar-refractivity contribution in [2.45, 2.75) is 33.2 Å². The molecule has 1 aromatic carbocycles. The van der Waals surface area contributed by atoms with Gasteiger partial charge >= 0.3 is 0 Å². The molecule has 0 aliphatic heterocycles. The number of rotatable bonds is 4. The van der Waals surface area contributed by atoms with E-state index in [2.05, 4.69) is 67.1 Å². The molecule has 19 heavy (non-hydrogen) atoms. The third-order valence-electron chi connectivity index (χ3n) is 3.86. The Morgan fingerprint density at radius 3 is 2.63 bits per heavy atom. The molecule has 0 saturated carbocycles. The Morgan fingerprint density at radius 2 is 1.84 bits per heavy atom. The van der Waals surface area contributed by atoms with Crippen LogP contribution in [-0.2, 0) is 6.54 Å². The Labute approximate surface area is 115 Å². The molecule has 1 heterocycles. The van der Waals surface area contributed by atoms with E-state index < -0.39 is 0 Å². The van der Waals surface area contributed by atoms with Crippen LogP contribution in [0.15, 0.2) is 42.6 Å². The fourth-order valence-corrected chi connectivity index (χ4v) is 2.97. The second-order valence-corrected chi connectivity index (χ2v) is 5.05. The second-order valence-electron chi connectivity index (χ2n) is 5.05. The Morgan fingerprint density at radius 1 is 1.00 bits per heavy atom. The van der Waals surface area contributed by atoms with Crippen LogP contribution in [0.3, 0.4) is 0 Å². The second kappa shape index (κ2) is 5.08. The van der Waals surface area contributed by atoms with Crippen LogP contribution in [0.1, 0.15) is 43.5 Å². The van der Waals surface area contributed by atoms with E-state index in [0.717, 1.165) is 13.0 Å². The summed E-state index contributed by atoms with van der Waals surface area (Å²) in [7, 11) is 0. The SMILES string of the molecule is CCC[C]1C(c2cccn2CC)=Cc2ccccc21. The fraction of sp³-hybridized carbons (Fsp3) is 0.278. The molecule has 1 nitrogen and oxygen atoms in total. The van der Waals surface area contributed by atoms with Crippen molar-refractivity contribution >= 4 is 11.6 Å². The Balaban J connectivity index is 2.07. The molecule has 0 unspecified atom stereocenters. The number of hydrogen-bond donors (Lipinski definition) is 0. The third-order valence-corrected chi connectivity index (χ3v) is 3.86. The zero-order chi connectivity index (χ0) is 13.2. The summed E-state index contributed by atoms with van der Waals surface area (Å²) in [5.74, 6) is 1.51. The summed E-state index contributed by atoms with van der Waals surface area (Å²) >= 11 is 0. The van der Waals surface area contributed by atoms with Crippen LogP contribution >= 0.6 is 0 Å². The minimum absolute atomic E-state index is 1.02. The summed E-state index contributed by atoms with van der Waals surface area (Å²) in [6.07, 6.45) is 6.86. The predicted molar refractivity (Wildman–Crippen MR) is 81.7 cm³/mol. The van der Waals surface area contributed by atoms with Crippen LogP contribution in [-0.4, -0.2) is 4.57 Å². The number of aromatic nitrogens is 1. The Bertz CT molecular complexity index is 604. The number of hydrogen-bond acceptors (Lipinski definition) is 0. The first kappa shape index (κ1) is 12.3. The molecular weight excluding hydrogens is 230 g/mol. The van der Waals surface area contributed by atoms with Gasteiger partial charge in [-0.2, -0.15) is 0 Å². The van der Waals surface area contributed by atoms with E-state index in [-0.39, 0.29) is 0 Å². The van der Waals surface area contributed by atoms with Crippen molar-refractivity contribution in [2.75, 3.05) is 0 Å². The number of aryl methyl sites for hydroxylation is 1. The van der Waals surface area contributed by atoms with E-state index in [1.807, 2.05) is 0 Å². The lowest BCUT2D eigenvalue weighted by Gasteiger charge is -2.17. The smallest absolute Gasteiger partial charge is 0.0448 e. The largest absolute Gasteiger partial charge is 0.348 e. The summed E-state index contributed by atoms with van der Waals surface area (Å²) in [5.41, 5.74) is 5.55. The van der Waals surface area contributed by atoms with Crippen molar-refractivity contribution < 1.29 is 0 Å². The van der Waals surface area contributed by atoms with Gasteiger partial charge in [0.15, 0.2) is 0 Å². The van der Waals surface area contributed by atoms with Gasteiger partial charge < -0.3 is 4.57 Å². The van der Waals surface area contributed by atoms with E-state index in [1.165, 1.54) is 34.7 Å². The van der Waals surface area contributed by atoms with E-state index in [0.29, 0.717) is 0 Å². The van der Waals surface area contributed by atoms with E-state index in [4.69, 9.17) is 0 Å². The minimum Gasteiger partial charge on any atom is -0.348 e. The summed E-state index contributed by atoms with van der Waals surface area (Å²) in [5, 5.41) is 0. The molecule has 1 aliphatic rings. The topological polar surface area (TPSA) is 4.93 Å². The maximum absolute atomic E-state index is 2.35. The highest BCUT2D eigenvalue weighted by atomic mass is 15.0. The van der Waals surface area contributed by atoms with Crippen molar-refractivity contribution in [3.05, 3.63) is 65.3 Å². The van der Waals surface area contributed by atoms with Gasteiger partial charge in [0.2, 0.25) is 0 Å². The Kier molecular flexibility index (Phi) is 3.29. The van der Waals surface area contributed by atoms with Gasteiger partial charge in [0.05, 0.1) is 0 Å². The summed E-state index contributed by atoms with van der Waals surface area (Å²) in [4.78, 5) is 0. The maximum Gasteiger partial charge on any atom is 0.0448 e. The van der Waals surface area contributed by atoms with Gasteiger partial charge in [0.25, 0.3) is 0 Å². The lowest BCUT2D eigenvalue weighted by molar-refractivity contribution is 0.754. The Hall–Kier alpha value is -1.76. The lowest BCUT2D eigenvalue weighted by atomic mass is 9.90. The predicted octanol–water partition coefficient (Wildman–Crippen LogP) is 4.78. The van der Waals surface area contributed by atoms with Gasteiger partial charge in [0.1, 0.15) is 0 Å². The van der Waals surface area contributed by atoms with Crippen molar-refractivity contribution in [2.24, 2.45) is 0 Å². The van der Waals surface area contributed by atoms with Gasteiger partial charge in [-0.1, -0.05) is 37.6 Å². The molecule has 1 radical (unpaired) electrons. The van der Waals surface area contributed by atoms with Crippen molar-refractivity contribution in [3.63, 3.8) is 0 Å². The first-order valence-corrected chi connectivity index (χ1v) is 7.18. The van der Waals surface area contributed by atoms with Crippen molar-refractivity contribution in [1.29, 1.82) is 0 Å². The maximum atomic E-state index is 2.35. The number of nitrogens with zero attached hydrogens (tertiary/aromatic N) is 1. The normalized spacial score (nSPS) is 14.5. The molecule has 0 saturated heterocycles. The number of allylic oxidation sites excluding steroid dienone is 1. The van der Waals surface area contributed by atoms with Gasteiger partial charge in [-0.05, 0) is 48.3 Å². The highest BCUT2D eigenvalue weighted by Gasteiger charge is 2.27. The zero-order valence-corrected chi connectivity index (χ0v) is 11.7. The zero-order valence-electron chi connectivity index (χ0n) is 11.7. The average molecular weight is 250 g/mol. The summed E-state index contributed by atoms with van der Waals surface area (Å²) < 4.78 is 2.33.